The number of hydrogen-bond acceptors (Lipinski definition) is 6. The molecule has 0 saturated carbocycles. The fourth-order valence-electron chi connectivity index (χ4n) is 4.30. The lowest BCUT2D eigenvalue weighted by Crippen LogP contribution is -2.30. The van der Waals surface area contributed by atoms with Crippen LogP contribution in [0.1, 0.15) is 43.5 Å². The number of hydrogen-bond donors (Lipinski definition) is 2. The van der Waals surface area contributed by atoms with Crippen molar-refractivity contribution in [2.24, 2.45) is 0 Å². The average Bonchev–Trinajstić information content (AvgIpc) is 3.09. The van der Waals surface area contributed by atoms with E-state index in [-0.39, 0.29) is 23.4 Å². The van der Waals surface area contributed by atoms with E-state index < -0.39 is 29.1 Å². The smallest absolute Gasteiger partial charge is 0.295 e. The summed E-state index contributed by atoms with van der Waals surface area (Å²) >= 11 is 6.17. The molecule has 1 heterocycles. The number of Topliss-reactive ketones (excluding diaryl/α,β-unsaturated/α-hetero) is 1. The summed E-state index contributed by atoms with van der Waals surface area (Å²) < 4.78 is 11.5. The standard InChI is InChI=1S/C29H28ClNO6/c1-29(2,3)37-22-8-6-5-7-18(22)16-31-25(17-9-12-20(32)13-10-17)24(27(34)28(31)35)26(33)21-15-19(30)11-14-23(21)36-4/h5-15,25,32-33H,16H2,1-4H3/b26-24+. The summed E-state index contributed by atoms with van der Waals surface area (Å²) in [5.41, 5.74) is 0.833. The van der Waals surface area contributed by atoms with E-state index in [2.05, 4.69) is 0 Å². The first-order valence-electron chi connectivity index (χ1n) is 11.7. The monoisotopic (exact) mass is 521 g/mol. The summed E-state index contributed by atoms with van der Waals surface area (Å²) in [6.07, 6.45) is 0. The van der Waals surface area contributed by atoms with Crippen LogP contribution in [-0.2, 0) is 16.1 Å². The molecule has 37 heavy (non-hydrogen) atoms. The SMILES string of the molecule is COc1ccc(Cl)cc1/C(O)=C1\C(=O)C(=O)N(Cc2ccccc2OC(C)(C)C)C1c1ccc(O)cc1. The molecule has 0 aromatic heterocycles. The molecule has 1 fully saturated rings. The van der Waals surface area contributed by atoms with Crippen molar-refractivity contribution in [2.75, 3.05) is 7.11 Å². The predicted octanol–water partition coefficient (Wildman–Crippen LogP) is 5.85. The van der Waals surface area contributed by atoms with Crippen LogP contribution >= 0.6 is 11.6 Å². The van der Waals surface area contributed by atoms with Gasteiger partial charge in [-0.05, 0) is 62.7 Å². The maximum absolute atomic E-state index is 13.4. The molecule has 192 valence electrons. The van der Waals surface area contributed by atoms with Gasteiger partial charge in [0.25, 0.3) is 11.7 Å². The van der Waals surface area contributed by atoms with Crippen LogP contribution < -0.4 is 9.47 Å². The Morgan fingerprint density at radius 2 is 1.68 bits per heavy atom. The van der Waals surface area contributed by atoms with Gasteiger partial charge in [0, 0.05) is 10.6 Å². The number of ketones is 1. The van der Waals surface area contributed by atoms with E-state index in [4.69, 9.17) is 21.1 Å². The molecule has 0 aliphatic carbocycles. The van der Waals surface area contributed by atoms with Gasteiger partial charge in [-0.3, -0.25) is 9.59 Å². The minimum absolute atomic E-state index is 0.0288. The van der Waals surface area contributed by atoms with Crippen molar-refractivity contribution in [2.45, 2.75) is 39.0 Å². The van der Waals surface area contributed by atoms with Gasteiger partial charge in [-0.15, -0.1) is 0 Å². The predicted molar refractivity (Wildman–Crippen MR) is 141 cm³/mol. The van der Waals surface area contributed by atoms with Crippen molar-refractivity contribution < 1.29 is 29.3 Å². The highest BCUT2D eigenvalue weighted by atomic mass is 35.5. The molecular formula is C29H28ClNO6. The Labute approximate surface area is 220 Å². The van der Waals surface area contributed by atoms with Crippen molar-refractivity contribution >= 4 is 29.1 Å². The lowest BCUT2D eigenvalue weighted by molar-refractivity contribution is -0.140. The van der Waals surface area contributed by atoms with Gasteiger partial charge in [-0.25, -0.2) is 0 Å². The number of carbonyl (C=O) groups is 2. The second kappa shape index (κ2) is 10.2. The number of nitrogens with zero attached hydrogens (tertiary/aromatic N) is 1. The summed E-state index contributed by atoms with van der Waals surface area (Å²) in [6.45, 7) is 5.81. The van der Waals surface area contributed by atoms with Crippen LogP contribution in [0.3, 0.4) is 0 Å². The van der Waals surface area contributed by atoms with Gasteiger partial charge in [-0.2, -0.15) is 0 Å². The first-order valence-corrected chi connectivity index (χ1v) is 12.1. The number of methoxy groups -OCH3 is 1. The number of phenolic OH excluding ortho intramolecular Hbond substituents is 1. The molecule has 1 atom stereocenters. The van der Waals surface area contributed by atoms with Crippen LogP contribution in [0.4, 0.5) is 0 Å². The Balaban J connectivity index is 1.88. The molecular weight excluding hydrogens is 494 g/mol. The maximum Gasteiger partial charge on any atom is 0.295 e. The van der Waals surface area contributed by atoms with Crippen molar-refractivity contribution in [3.05, 3.63) is 94.0 Å². The van der Waals surface area contributed by atoms with Crippen molar-refractivity contribution in [1.29, 1.82) is 0 Å². The first-order chi connectivity index (χ1) is 17.5. The molecule has 1 aliphatic heterocycles. The van der Waals surface area contributed by atoms with Gasteiger partial charge in [0.1, 0.15) is 28.6 Å². The molecule has 4 rings (SSSR count). The fourth-order valence-corrected chi connectivity index (χ4v) is 4.48. The zero-order chi connectivity index (χ0) is 26.9. The second-order valence-electron chi connectivity index (χ2n) is 9.69. The summed E-state index contributed by atoms with van der Waals surface area (Å²) in [7, 11) is 1.43. The maximum atomic E-state index is 13.4. The van der Waals surface area contributed by atoms with Crippen molar-refractivity contribution in [3.8, 4) is 17.2 Å². The number of ether oxygens (including phenoxy) is 2. The summed E-state index contributed by atoms with van der Waals surface area (Å²) in [6, 6.07) is 17.2. The van der Waals surface area contributed by atoms with E-state index in [0.717, 1.165) is 0 Å². The second-order valence-corrected chi connectivity index (χ2v) is 10.1. The van der Waals surface area contributed by atoms with Gasteiger partial charge in [0.2, 0.25) is 0 Å². The van der Waals surface area contributed by atoms with Crippen molar-refractivity contribution in [1.82, 2.24) is 4.90 Å². The minimum Gasteiger partial charge on any atom is -0.508 e. The highest BCUT2D eigenvalue weighted by Crippen LogP contribution is 2.43. The number of halogens is 1. The van der Waals surface area contributed by atoms with Gasteiger partial charge in [-0.1, -0.05) is 41.9 Å². The molecule has 0 radical (unpaired) electrons. The topological polar surface area (TPSA) is 96.3 Å². The third-order valence-corrected chi connectivity index (χ3v) is 6.13. The number of amides is 1. The molecule has 1 saturated heterocycles. The number of rotatable bonds is 6. The average molecular weight is 522 g/mol. The molecule has 3 aromatic carbocycles. The molecule has 1 unspecified atom stereocenters. The fraction of sp³-hybridized carbons (Fsp3) is 0.241. The number of para-hydroxylation sites is 1. The van der Waals surface area contributed by atoms with E-state index in [0.29, 0.717) is 27.6 Å². The zero-order valence-electron chi connectivity index (χ0n) is 21.0. The van der Waals surface area contributed by atoms with Crippen molar-refractivity contribution in [3.63, 3.8) is 0 Å². The third-order valence-electron chi connectivity index (χ3n) is 5.89. The number of aromatic hydroxyl groups is 1. The molecule has 3 aromatic rings. The van der Waals surface area contributed by atoms with Gasteiger partial charge in [0.15, 0.2) is 0 Å². The summed E-state index contributed by atoms with van der Waals surface area (Å²) in [4.78, 5) is 28.2. The Kier molecular flexibility index (Phi) is 7.18. The van der Waals surface area contributed by atoms with Crippen LogP contribution in [0, 0.1) is 0 Å². The molecule has 1 aliphatic rings. The zero-order valence-corrected chi connectivity index (χ0v) is 21.7. The minimum atomic E-state index is -0.938. The number of carbonyl (C=O) groups excluding carboxylic acids is 2. The number of phenols is 1. The third kappa shape index (κ3) is 5.42. The molecule has 2 N–H and O–H groups in total. The normalized spacial score (nSPS) is 17.2. The highest BCUT2D eigenvalue weighted by molar-refractivity contribution is 6.46. The van der Waals surface area contributed by atoms with E-state index in [1.165, 1.54) is 30.2 Å². The van der Waals surface area contributed by atoms with E-state index in [9.17, 15) is 19.8 Å². The highest BCUT2D eigenvalue weighted by Gasteiger charge is 2.46. The van der Waals surface area contributed by atoms with Crippen LogP contribution in [0.15, 0.2) is 72.3 Å². The lowest BCUT2D eigenvalue weighted by atomic mass is 9.94. The first kappa shape index (κ1) is 26.1. The van der Waals surface area contributed by atoms with Crippen LogP contribution in [0.25, 0.3) is 5.76 Å². The largest absolute Gasteiger partial charge is 0.508 e. The number of benzene rings is 3. The molecule has 8 heteroatoms. The van der Waals surface area contributed by atoms with E-state index in [1.54, 1.807) is 24.3 Å². The molecule has 1 amide bonds. The van der Waals surface area contributed by atoms with Crippen LogP contribution in [0.5, 0.6) is 17.2 Å². The Morgan fingerprint density at radius 1 is 1.00 bits per heavy atom. The Hall–Kier alpha value is -3.97. The van der Waals surface area contributed by atoms with Crippen LogP contribution in [0.2, 0.25) is 5.02 Å². The van der Waals surface area contributed by atoms with Crippen LogP contribution in [-0.4, -0.2) is 39.5 Å². The molecule has 7 nitrogen and oxygen atoms in total. The van der Waals surface area contributed by atoms with Gasteiger partial charge < -0.3 is 24.6 Å². The molecule has 0 spiro atoms. The number of likely N-dealkylation sites (tertiary alicyclic amines) is 1. The lowest BCUT2D eigenvalue weighted by Gasteiger charge is -2.28. The Bertz CT molecular complexity index is 1370. The summed E-state index contributed by atoms with van der Waals surface area (Å²) in [5, 5.41) is 21.6. The van der Waals surface area contributed by atoms with E-state index in [1.807, 2.05) is 45.0 Å². The van der Waals surface area contributed by atoms with E-state index >= 15 is 0 Å². The number of aliphatic hydroxyl groups is 1. The van der Waals surface area contributed by atoms with Gasteiger partial charge >= 0.3 is 0 Å². The van der Waals surface area contributed by atoms with Gasteiger partial charge in [0.05, 0.1) is 30.8 Å². The quantitative estimate of drug-likeness (QED) is 0.240. The number of aliphatic hydroxyl groups excluding tert-OH is 1. The molecule has 0 bridgehead atoms. The summed E-state index contributed by atoms with van der Waals surface area (Å²) in [5.74, 6) is -1.11. The Morgan fingerprint density at radius 3 is 2.32 bits per heavy atom.